The Morgan fingerprint density at radius 2 is 2.21 bits per heavy atom. The fourth-order valence-corrected chi connectivity index (χ4v) is 3.06. The van der Waals surface area contributed by atoms with Crippen molar-refractivity contribution in [2.45, 2.75) is 38.8 Å². The number of likely N-dealkylation sites (N-methyl/N-ethyl adjacent to an activating group) is 1. The van der Waals surface area contributed by atoms with Crippen LogP contribution in [0.1, 0.15) is 30.5 Å². The van der Waals surface area contributed by atoms with Crippen LogP contribution in [0, 0.1) is 6.92 Å². The van der Waals surface area contributed by atoms with Gasteiger partial charge in [0, 0.05) is 26.2 Å². The zero-order valence-electron chi connectivity index (χ0n) is 12.6. The van der Waals surface area contributed by atoms with Gasteiger partial charge >= 0.3 is 0 Å². The zero-order valence-corrected chi connectivity index (χ0v) is 12.6. The quantitative estimate of drug-likeness (QED) is 0.872. The molecular weight excluding hydrogens is 240 g/mol. The van der Waals surface area contributed by atoms with Gasteiger partial charge in [-0.3, -0.25) is 4.90 Å². The molecule has 1 aromatic heterocycles. The summed E-state index contributed by atoms with van der Waals surface area (Å²) in [4.78, 5) is 2.56. The SMILES string of the molecule is CNCC1CCCCN1Cc1c(C)nn(C)c1OC. The minimum absolute atomic E-state index is 0.628. The molecule has 1 N–H and O–H groups in total. The van der Waals surface area contributed by atoms with Crippen molar-refractivity contribution in [3.05, 3.63) is 11.3 Å². The normalized spacial score (nSPS) is 20.7. The van der Waals surface area contributed by atoms with Gasteiger partial charge in [-0.2, -0.15) is 5.10 Å². The van der Waals surface area contributed by atoms with E-state index in [0.29, 0.717) is 6.04 Å². The van der Waals surface area contributed by atoms with Gasteiger partial charge < -0.3 is 10.1 Å². The van der Waals surface area contributed by atoms with Crippen LogP contribution in [0.15, 0.2) is 0 Å². The average molecular weight is 266 g/mol. The van der Waals surface area contributed by atoms with Crippen molar-refractivity contribution >= 4 is 0 Å². The molecule has 1 fully saturated rings. The predicted octanol–water partition coefficient (Wildman–Crippen LogP) is 1.31. The molecule has 2 heterocycles. The average Bonchev–Trinajstić information content (AvgIpc) is 2.66. The maximum absolute atomic E-state index is 5.49. The Bertz CT molecular complexity index is 414. The molecule has 0 saturated carbocycles. The summed E-state index contributed by atoms with van der Waals surface area (Å²) in [6, 6.07) is 0.628. The van der Waals surface area contributed by atoms with Crippen LogP contribution in [0.4, 0.5) is 0 Å². The van der Waals surface area contributed by atoms with Crippen molar-refractivity contribution in [3.8, 4) is 5.88 Å². The lowest BCUT2D eigenvalue weighted by Gasteiger charge is -2.35. The van der Waals surface area contributed by atoms with Crippen LogP contribution in [0.25, 0.3) is 0 Å². The van der Waals surface area contributed by atoms with E-state index in [0.717, 1.165) is 24.7 Å². The van der Waals surface area contributed by atoms with E-state index in [1.165, 1.54) is 31.4 Å². The van der Waals surface area contributed by atoms with Gasteiger partial charge in [-0.1, -0.05) is 6.42 Å². The third-order valence-corrected chi connectivity index (χ3v) is 4.03. The highest BCUT2D eigenvalue weighted by Gasteiger charge is 2.25. The first-order valence-electron chi connectivity index (χ1n) is 7.12. The summed E-state index contributed by atoms with van der Waals surface area (Å²) in [7, 11) is 5.69. The molecule has 1 aromatic rings. The maximum atomic E-state index is 5.49. The van der Waals surface area contributed by atoms with E-state index in [-0.39, 0.29) is 0 Å². The highest BCUT2D eigenvalue weighted by atomic mass is 16.5. The highest BCUT2D eigenvalue weighted by molar-refractivity contribution is 5.30. The van der Waals surface area contributed by atoms with Gasteiger partial charge in [0.1, 0.15) is 0 Å². The number of hydrogen-bond acceptors (Lipinski definition) is 4. The van der Waals surface area contributed by atoms with Gasteiger partial charge in [0.05, 0.1) is 18.4 Å². The fourth-order valence-electron chi connectivity index (χ4n) is 3.06. The number of hydrogen-bond donors (Lipinski definition) is 1. The molecule has 1 saturated heterocycles. The van der Waals surface area contributed by atoms with Crippen molar-refractivity contribution in [1.82, 2.24) is 20.0 Å². The Hall–Kier alpha value is -1.07. The number of piperidine rings is 1. The minimum atomic E-state index is 0.628. The van der Waals surface area contributed by atoms with Crippen molar-refractivity contribution in [2.75, 3.05) is 27.2 Å². The van der Waals surface area contributed by atoms with Crippen molar-refractivity contribution in [2.24, 2.45) is 7.05 Å². The molecule has 1 aliphatic rings. The van der Waals surface area contributed by atoms with Gasteiger partial charge in [-0.25, -0.2) is 4.68 Å². The number of rotatable bonds is 5. The molecule has 1 aliphatic heterocycles. The molecule has 5 heteroatoms. The number of likely N-dealkylation sites (tertiary alicyclic amines) is 1. The molecule has 0 aromatic carbocycles. The molecule has 5 nitrogen and oxygen atoms in total. The summed E-state index contributed by atoms with van der Waals surface area (Å²) >= 11 is 0. The van der Waals surface area contributed by atoms with Crippen molar-refractivity contribution < 1.29 is 4.74 Å². The number of nitrogens with zero attached hydrogens (tertiary/aromatic N) is 3. The zero-order chi connectivity index (χ0) is 13.8. The van der Waals surface area contributed by atoms with Crippen LogP contribution < -0.4 is 10.1 Å². The minimum Gasteiger partial charge on any atom is -0.481 e. The molecule has 0 amide bonds. The fraction of sp³-hybridized carbons (Fsp3) is 0.786. The van der Waals surface area contributed by atoms with E-state index in [1.807, 2.05) is 18.8 Å². The molecule has 2 rings (SSSR count). The van der Waals surface area contributed by atoms with Gasteiger partial charge in [0.15, 0.2) is 0 Å². The topological polar surface area (TPSA) is 42.3 Å². The number of methoxy groups -OCH3 is 1. The van der Waals surface area contributed by atoms with Crippen LogP contribution >= 0.6 is 0 Å². The number of aryl methyl sites for hydroxylation is 2. The van der Waals surface area contributed by atoms with Gasteiger partial charge in [0.2, 0.25) is 5.88 Å². The van der Waals surface area contributed by atoms with E-state index >= 15 is 0 Å². The second-order valence-electron chi connectivity index (χ2n) is 5.37. The number of ether oxygens (including phenoxy) is 1. The lowest BCUT2D eigenvalue weighted by Crippen LogP contribution is -2.44. The van der Waals surface area contributed by atoms with Crippen molar-refractivity contribution in [3.63, 3.8) is 0 Å². The molecule has 0 bridgehead atoms. The summed E-state index contributed by atoms with van der Waals surface area (Å²) < 4.78 is 7.33. The largest absolute Gasteiger partial charge is 0.481 e. The Morgan fingerprint density at radius 3 is 2.89 bits per heavy atom. The highest BCUT2D eigenvalue weighted by Crippen LogP contribution is 2.26. The van der Waals surface area contributed by atoms with E-state index in [2.05, 4.69) is 22.2 Å². The smallest absolute Gasteiger partial charge is 0.216 e. The summed E-state index contributed by atoms with van der Waals surface area (Å²) in [6.45, 7) is 5.23. The lowest BCUT2D eigenvalue weighted by atomic mass is 10.0. The Labute approximate surface area is 115 Å². The van der Waals surface area contributed by atoms with E-state index in [1.54, 1.807) is 7.11 Å². The monoisotopic (exact) mass is 266 g/mol. The summed E-state index contributed by atoms with van der Waals surface area (Å²) in [5, 5.41) is 7.78. The van der Waals surface area contributed by atoms with Crippen LogP contribution in [-0.2, 0) is 13.6 Å². The second kappa shape index (κ2) is 6.39. The van der Waals surface area contributed by atoms with Crippen LogP contribution in [0.5, 0.6) is 5.88 Å². The summed E-state index contributed by atoms with van der Waals surface area (Å²) in [5.74, 6) is 0.895. The van der Waals surface area contributed by atoms with E-state index in [9.17, 15) is 0 Å². The van der Waals surface area contributed by atoms with Gasteiger partial charge in [0.25, 0.3) is 0 Å². The molecule has 1 atom stereocenters. The molecule has 19 heavy (non-hydrogen) atoms. The molecular formula is C14H26N4O. The predicted molar refractivity (Wildman–Crippen MR) is 76.5 cm³/mol. The van der Waals surface area contributed by atoms with Gasteiger partial charge in [-0.15, -0.1) is 0 Å². The Kier molecular flexibility index (Phi) is 4.82. The summed E-state index contributed by atoms with van der Waals surface area (Å²) in [6.07, 6.45) is 3.91. The Morgan fingerprint density at radius 1 is 1.42 bits per heavy atom. The molecule has 0 radical (unpaired) electrons. The van der Waals surface area contributed by atoms with Gasteiger partial charge in [-0.05, 0) is 33.4 Å². The van der Waals surface area contributed by atoms with E-state index < -0.39 is 0 Å². The molecule has 0 spiro atoms. The number of aromatic nitrogens is 2. The first-order chi connectivity index (χ1) is 9.17. The number of nitrogens with one attached hydrogen (secondary N) is 1. The van der Waals surface area contributed by atoms with Crippen LogP contribution in [0.2, 0.25) is 0 Å². The first kappa shape index (κ1) is 14.3. The maximum Gasteiger partial charge on any atom is 0.216 e. The summed E-state index contributed by atoms with van der Waals surface area (Å²) in [5.41, 5.74) is 2.31. The lowest BCUT2D eigenvalue weighted by molar-refractivity contribution is 0.137. The Balaban J connectivity index is 2.14. The first-order valence-corrected chi connectivity index (χ1v) is 7.12. The van der Waals surface area contributed by atoms with E-state index in [4.69, 9.17) is 4.74 Å². The molecule has 0 aliphatic carbocycles. The third-order valence-electron chi connectivity index (χ3n) is 4.03. The van der Waals surface area contributed by atoms with Crippen molar-refractivity contribution in [1.29, 1.82) is 0 Å². The standard InChI is InChI=1S/C14H26N4O/c1-11-13(14(19-4)17(3)16-11)10-18-8-6-5-7-12(18)9-15-2/h12,15H,5-10H2,1-4H3. The molecule has 1 unspecified atom stereocenters. The third kappa shape index (κ3) is 3.09. The second-order valence-corrected chi connectivity index (χ2v) is 5.37. The van der Waals surface area contributed by atoms with Crippen LogP contribution in [0.3, 0.4) is 0 Å². The molecule has 108 valence electrons. The van der Waals surface area contributed by atoms with Crippen LogP contribution in [-0.4, -0.2) is 48.0 Å².